The van der Waals surface area contributed by atoms with Gasteiger partial charge in [0.1, 0.15) is 0 Å². The molecule has 3 rings (SSSR count). The Kier molecular flexibility index (Phi) is 4.18. The Morgan fingerprint density at radius 1 is 1.00 bits per heavy atom. The van der Waals surface area contributed by atoms with E-state index in [0.717, 1.165) is 0 Å². The molecule has 0 aliphatic rings. The smallest absolute Gasteiger partial charge is 0.266 e. The number of aromatic hydroxyl groups is 1. The van der Waals surface area contributed by atoms with Gasteiger partial charge in [0.05, 0.1) is 11.3 Å². The van der Waals surface area contributed by atoms with Gasteiger partial charge >= 0.3 is 0 Å². The van der Waals surface area contributed by atoms with E-state index in [1.165, 1.54) is 6.07 Å². The summed E-state index contributed by atoms with van der Waals surface area (Å²) in [6.45, 7) is 0. The van der Waals surface area contributed by atoms with Crippen molar-refractivity contribution in [2.45, 2.75) is 0 Å². The summed E-state index contributed by atoms with van der Waals surface area (Å²) in [5.41, 5.74) is 0.653. The second-order valence-corrected chi connectivity index (χ2v) is 3.90. The molecule has 4 heteroatoms. The number of hydrogen-bond acceptors (Lipinski definition) is 3. The summed E-state index contributed by atoms with van der Waals surface area (Å²) in [5, 5.41) is 10.5. The average molecular weight is 326 g/mol. The molecule has 1 N–H and O–H groups in total. The molecule has 0 spiro atoms. The molecule has 19 heavy (non-hydrogen) atoms. The van der Waals surface area contributed by atoms with Gasteiger partial charge in [-0.05, 0) is 17.2 Å². The number of fused-ring (bicyclic) bond motifs is 1. The second kappa shape index (κ2) is 5.68. The van der Waals surface area contributed by atoms with E-state index in [1.54, 1.807) is 30.3 Å². The monoisotopic (exact) mass is 326 g/mol. The standard InChI is InChI=1S/C15H9O3.Y/c16-13-7-3-2-6-11(13)12-9-10-5-1-4-8-14(10)18-15(12)17;/h1-8,16H;/q-1;. The maximum absolute atomic E-state index is 11.9. The zero-order valence-electron chi connectivity index (χ0n) is 9.96. The van der Waals surface area contributed by atoms with Crippen LogP contribution in [-0.2, 0) is 32.7 Å². The quantitative estimate of drug-likeness (QED) is 0.552. The van der Waals surface area contributed by atoms with Crippen molar-refractivity contribution in [3.05, 3.63) is 65.0 Å². The first kappa shape index (κ1) is 14.0. The molecule has 0 bridgehead atoms. The third kappa shape index (κ3) is 2.62. The van der Waals surface area contributed by atoms with E-state index < -0.39 is 5.63 Å². The van der Waals surface area contributed by atoms with Crippen LogP contribution in [0.25, 0.3) is 22.1 Å². The minimum Gasteiger partial charge on any atom is -0.515 e. The zero-order chi connectivity index (χ0) is 12.5. The van der Waals surface area contributed by atoms with Crippen molar-refractivity contribution in [2.75, 3.05) is 0 Å². The van der Waals surface area contributed by atoms with Crippen molar-refractivity contribution >= 4 is 11.0 Å². The van der Waals surface area contributed by atoms with Crippen LogP contribution >= 0.6 is 0 Å². The van der Waals surface area contributed by atoms with E-state index in [1.807, 2.05) is 12.1 Å². The van der Waals surface area contributed by atoms with E-state index >= 15 is 0 Å². The van der Waals surface area contributed by atoms with Gasteiger partial charge in [-0.25, -0.2) is 0 Å². The molecule has 91 valence electrons. The first-order valence-corrected chi connectivity index (χ1v) is 5.49. The van der Waals surface area contributed by atoms with Gasteiger partial charge in [0.25, 0.3) is 5.63 Å². The average Bonchev–Trinajstić information content (AvgIpc) is 2.39. The molecule has 1 aromatic heterocycles. The summed E-state index contributed by atoms with van der Waals surface area (Å²) in [4.78, 5) is 11.9. The molecule has 1 radical (unpaired) electrons. The number of phenols is 1. The van der Waals surface area contributed by atoms with E-state index in [4.69, 9.17) is 4.42 Å². The number of rotatable bonds is 1. The van der Waals surface area contributed by atoms with Crippen LogP contribution in [0, 0.1) is 6.07 Å². The summed E-state index contributed by atoms with van der Waals surface area (Å²) < 4.78 is 5.20. The maximum Gasteiger partial charge on any atom is 0.266 e. The van der Waals surface area contributed by atoms with Gasteiger partial charge in [0.2, 0.25) is 0 Å². The van der Waals surface area contributed by atoms with Crippen LogP contribution in [-0.4, -0.2) is 5.11 Å². The van der Waals surface area contributed by atoms with E-state index in [9.17, 15) is 9.90 Å². The maximum atomic E-state index is 11.9. The summed E-state index contributed by atoms with van der Waals surface area (Å²) in [6.07, 6.45) is 0. The van der Waals surface area contributed by atoms with Crippen molar-refractivity contribution in [3.63, 3.8) is 0 Å². The minimum atomic E-state index is -0.504. The van der Waals surface area contributed by atoms with Gasteiger partial charge in [-0.2, -0.15) is 0 Å². The van der Waals surface area contributed by atoms with Gasteiger partial charge in [0, 0.05) is 32.7 Å². The predicted octanol–water partition coefficient (Wildman–Crippen LogP) is 2.96. The molecular weight excluding hydrogens is 317 g/mol. The summed E-state index contributed by atoms with van der Waals surface area (Å²) >= 11 is 0. The third-order valence-electron chi connectivity index (χ3n) is 2.73. The molecule has 0 saturated carbocycles. The number of hydrogen-bond donors (Lipinski definition) is 1. The van der Waals surface area contributed by atoms with Crippen LogP contribution in [0.2, 0.25) is 0 Å². The van der Waals surface area contributed by atoms with Crippen LogP contribution in [0.3, 0.4) is 0 Å². The molecule has 0 aliphatic carbocycles. The van der Waals surface area contributed by atoms with E-state index in [0.29, 0.717) is 16.5 Å². The van der Waals surface area contributed by atoms with Crippen LogP contribution in [0.4, 0.5) is 0 Å². The van der Waals surface area contributed by atoms with Crippen molar-refractivity contribution in [2.24, 2.45) is 0 Å². The normalized spacial score (nSPS) is 10.1. The molecular formula is C15H9O3Y-. The van der Waals surface area contributed by atoms with Gasteiger partial charge in [-0.3, -0.25) is 4.79 Å². The fourth-order valence-electron chi connectivity index (χ4n) is 1.86. The van der Waals surface area contributed by atoms with Gasteiger partial charge in [-0.1, -0.05) is 41.8 Å². The van der Waals surface area contributed by atoms with Crippen molar-refractivity contribution < 1.29 is 42.2 Å². The Labute approximate surface area is 134 Å². The van der Waals surface area contributed by atoms with Crippen LogP contribution in [0.15, 0.2) is 57.7 Å². The SMILES string of the molecule is O=c1oc2ccccc2[c-]c1-c1ccccc1O.[Y]. The summed E-state index contributed by atoms with van der Waals surface area (Å²) in [5.74, 6) is 0.0383. The van der Waals surface area contributed by atoms with Crippen molar-refractivity contribution in [3.8, 4) is 16.9 Å². The Morgan fingerprint density at radius 2 is 1.68 bits per heavy atom. The molecule has 0 aliphatic heterocycles. The fraction of sp³-hybridized carbons (Fsp3) is 0. The van der Waals surface area contributed by atoms with Crippen LogP contribution in [0.5, 0.6) is 5.75 Å². The van der Waals surface area contributed by atoms with Crippen molar-refractivity contribution in [1.82, 2.24) is 0 Å². The number of para-hydroxylation sites is 2. The molecule has 0 atom stereocenters. The molecule has 3 aromatic rings. The molecule has 0 unspecified atom stereocenters. The molecule has 0 saturated heterocycles. The number of benzene rings is 2. The molecule has 1 heterocycles. The van der Waals surface area contributed by atoms with Crippen molar-refractivity contribution in [1.29, 1.82) is 0 Å². The van der Waals surface area contributed by atoms with Gasteiger partial charge in [-0.15, -0.1) is 12.1 Å². The third-order valence-corrected chi connectivity index (χ3v) is 2.73. The summed E-state index contributed by atoms with van der Waals surface area (Å²) in [7, 11) is 0. The largest absolute Gasteiger partial charge is 0.515 e. The Balaban J connectivity index is 0.00000133. The predicted molar refractivity (Wildman–Crippen MR) is 68.4 cm³/mol. The minimum absolute atomic E-state index is 0. The molecule has 0 amide bonds. The second-order valence-electron chi connectivity index (χ2n) is 3.90. The Bertz CT molecular complexity index is 777. The van der Waals surface area contributed by atoms with Crippen LogP contribution < -0.4 is 5.63 Å². The Hall–Kier alpha value is -1.45. The first-order chi connectivity index (χ1) is 8.75. The topological polar surface area (TPSA) is 50.4 Å². The number of phenolic OH excluding ortho intramolecular Hbond substituents is 1. The summed E-state index contributed by atoms with van der Waals surface area (Å²) in [6, 6.07) is 16.8. The molecule has 0 fully saturated rings. The van der Waals surface area contributed by atoms with E-state index in [2.05, 4.69) is 6.07 Å². The van der Waals surface area contributed by atoms with Gasteiger partial charge in [0.15, 0.2) is 0 Å². The van der Waals surface area contributed by atoms with Crippen LogP contribution in [0.1, 0.15) is 0 Å². The fourth-order valence-corrected chi connectivity index (χ4v) is 1.86. The zero-order valence-corrected chi connectivity index (χ0v) is 12.8. The first-order valence-electron chi connectivity index (χ1n) is 5.49. The van der Waals surface area contributed by atoms with E-state index in [-0.39, 0.29) is 44.0 Å². The molecule has 2 aromatic carbocycles. The van der Waals surface area contributed by atoms with Gasteiger partial charge < -0.3 is 9.52 Å². The Morgan fingerprint density at radius 3 is 2.47 bits per heavy atom. The molecule has 3 nitrogen and oxygen atoms in total.